The van der Waals surface area contributed by atoms with Gasteiger partial charge in [-0.3, -0.25) is 19.7 Å². The summed E-state index contributed by atoms with van der Waals surface area (Å²) in [6.07, 6.45) is -0.325. The number of amides is 4. The Morgan fingerprint density at radius 2 is 1.45 bits per heavy atom. The van der Waals surface area contributed by atoms with E-state index in [2.05, 4.69) is 16.0 Å². The van der Waals surface area contributed by atoms with Crippen molar-refractivity contribution in [1.29, 1.82) is 0 Å². The number of urea groups is 1. The third-order valence-corrected chi connectivity index (χ3v) is 9.38. The van der Waals surface area contributed by atoms with E-state index in [9.17, 15) is 34.1 Å². The minimum Gasteiger partial charge on any atom is -0.457 e. The number of nitrogens with two attached hydrogens (primary N) is 1. The van der Waals surface area contributed by atoms with Gasteiger partial charge in [-0.25, -0.2) is 14.4 Å². The lowest BCUT2D eigenvalue weighted by molar-refractivity contribution is -0.384. The van der Waals surface area contributed by atoms with Gasteiger partial charge >= 0.3 is 18.1 Å². The Morgan fingerprint density at radius 1 is 0.836 bits per heavy atom. The van der Waals surface area contributed by atoms with Crippen LogP contribution < -0.4 is 21.7 Å². The molecule has 0 aliphatic heterocycles. The molecule has 0 spiro atoms. The van der Waals surface area contributed by atoms with Crippen LogP contribution in [0.3, 0.4) is 0 Å². The van der Waals surface area contributed by atoms with Crippen LogP contribution in [0.5, 0.6) is 0 Å². The maximum atomic E-state index is 13.7. The molecule has 2 atom stereocenters. The van der Waals surface area contributed by atoms with Crippen molar-refractivity contribution in [2.24, 2.45) is 17.6 Å². The molecule has 0 radical (unpaired) electrons. The zero-order valence-corrected chi connectivity index (χ0v) is 30.5. The average Bonchev–Trinajstić information content (AvgIpc) is 3.50. The van der Waals surface area contributed by atoms with E-state index in [1.165, 1.54) is 24.3 Å². The number of benzene rings is 4. The number of rotatable bonds is 17. The van der Waals surface area contributed by atoms with Crippen molar-refractivity contribution < 1.29 is 38.4 Å². The molecule has 0 bridgehead atoms. The number of Topliss-reactive ketones (excluding diaryl/α,β-unsaturated/α-hetero) is 1. The minimum absolute atomic E-state index is 0.0811. The highest BCUT2D eigenvalue weighted by Crippen LogP contribution is 2.44. The Labute approximate surface area is 317 Å². The molecule has 0 saturated heterocycles. The molecule has 4 aromatic carbocycles. The highest BCUT2D eigenvalue weighted by molar-refractivity contribution is 5.97. The van der Waals surface area contributed by atoms with Crippen molar-refractivity contribution in [2.45, 2.75) is 51.7 Å². The molecular weight excluding hydrogens is 706 g/mol. The number of anilines is 1. The second kappa shape index (κ2) is 18.5. The van der Waals surface area contributed by atoms with Gasteiger partial charge in [0.1, 0.15) is 13.2 Å². The third-order valence-electron chi connectivity index (χ3n) is 9.38. The Balaban J connectivity index is 1.18. The zero-order chi connectivity index (χ0) is 39.5. The number of alkyl carbamates (subject to hydrolysis) is 1. The number of nitrogens with zero attached hydrogens (tertiary/aromatic N) is 1. The Bertz CT molecular complexity index is 1990. The second-order valence-corrected chi connectivity index (χ2v) is 13.6. The minimum atomic E-state index is -0.928. The van der Waals surface area contributed by atoms with Crippen LogP contribution in [0.15, 0.2) is 97.1 Å². The summed E-state index contributed by atoms with van der Waals surface area (Å²) in [5.41, 5.74) is 10.6. The number of primary amides is 1. The summed E-state index contributed by atoms with van der Waals surface area (Å²) in [7, 11) is 0. The number of esters is 1. The lowest BCUT2D eigenvalue weighted by atomic mass is 9.89. The van der Waals surface area contributed by atoms with Gasteiger partial charge in [-0.2, -0.15) is 0 Å². The third kappa shape index (κ3) is 10.5. The van der Waals surface area contributed by atoms with Gasteiger partial charge in [0, 0.05) is 42.6 Å². The predicted octanol–water partition coefficient (Wildman–Crippen LogP) is 6.48. The maximum absolute atomic E-state index is 13.7. The molecule has 14 heteroatoms. The van der Waals surface area contributed by atoms with Gasteiger partial charge in [-0.1, -0.05) is 74.5 Å². The van der Waals surface area contributed by atoms with Gasteiger partial charge in [0.05, 0.1) is 16.5 Å². The first-order valence-electron chi connectivity index (χ1n) is 17.9. The first kappa shape index (κ1) is 39.6. The lowest BCUT2D eigenvalue weighted by Gasteiger charge is -2.24. The number of nitro groups is 1. The fourth-order valence-corrected chi connectivity index (χ4v) is 6.52. The molecule has 286 valence electrons. The van der Waals surface area contributed by atoms with E-state index in [0.29, 0.717) is 17.7 Å². The van der Waals surface area contributed by atoms with Crippen LogP contribution in [0.2, 0.25) is 0 Å². The molecule has 0 saturated carbocycles. The fourth-order valence-electron chi connectivity index (χ4n) is 6.52. The number of ether oxygens (including phenoxy) is 2. The van der Waals surface area contributed by atoms with Gasteiger partial charge in [-0.05, 0) is 70.8 Å². The SMILES string of the molecule is CC(C)[C@H](NC(=O)OCC1c2ccccc2-c2ccccc21)C(=O)C[C@@H](CCCNC(N)=O)C(=O)Nc1ccc(COC(=O)c2ccc([N+](=O)[O-])cc2)cc1. The van der Waals surface area contributed by atoms with Crippen LogP contribution in [-0.4, -0.2) is 53.9 Å². The number of hydrogen-bond donors (Lipinski definition) is 4. The summed E-state index contributed by atoms with van der Waals surface area (Å²) in [6.45, 7) is 3.79. The maximum Gasteiger partial charge on any atom is 0.407 e. The highest BCUT2D eigenvalue weighted by Gasteiger charge is 2.32. The van der Waals surface area contributed by atoms with Crippen LogP contribution in [0.1, 0.15) is 66.1 Å². The van der Waals surface area contributed by atoms with Gasteiger partial charge in [-0.15, -0.1) is 0 Å². The largest absolute Gasteiger partial charge is 0.457 e. The normalized spacial score (nSPS) is 12.8. The summed E-state index contributed by atoms with van der Waals surface area (Å²) in [5.74, 6) is -2.71. The van der Waals surface area contributed by atoms with E-state index in [-0.39, 0.29) is 61.5 Å². The fraction of sp³-hybridized carbons (Fsp3) is 0.293. The van der Waals surface area contributed by atoms with Crippen molar-refractivity contribution in [3.05, 3.63) is 129 Å². The Kier molecular flexibility index (Phi) is 13.3. The number of carbonyl (C=O) groups excluding carboxylic acids is 5. The van der Waals surface area contributed by atoms with Crippen molar-refractivity contribution in [1.82, 2.24) is 10.6 Å². The van der Waals surface area contributed by atoms with E-state index >= 15 is 0 Å². The number of fused-ring (bicyclic) bond motifs is 3. The molecule has 0 heterocycles. The number of nitrogens with one attached hydrogen (secondary N) is 3. The first-order valence-corrected chi connectivity index (χ1v) is 17.9. The molecule has 14 nitrogen and oxygen atoms in total. The lowest BCUT2D eigenvalue weighted by Crippen LogP contribution is -2.46. The van der Waals surface area contributed by atoms with Gasteiger partial charge < -0.3 is 31.2 Å². The molecule has 4 amide bonds. The molecule has 0 unspecified atom stereocenters. The smallest absolute Gasteiger partial charge is 0.407 e. The van der Waals surface area contributed by atoms with Crippen LogP contribution in [0.4, 0.5) is 21.0 Å². The standard InChI is InChI=1S/C41H43N5O9/c1-25(2)37(45-41(51)55-24-35-33-11-5-3-9-31(33)32-10-4-6-12-34(32)35)36(47)22-28(8-7-21-43-40(42)50)38(48)44-29-17-13-26(14-18-29)23-54-39(49)27-15-19-30(20-16-27)46(52)53/h3-6,9-20,25,28,35,37H,7-8,21-24H2,1-2H3,(H,44,48)(H,45,51)(H3,42,43,50)/t28-,37+/m1/s1. The summed E-state index contributed by atoms with van der Waals surface area (Å²) >= 11 is 0. The molecule has 5 N–H and O–H groups in total. The van der Waals surface area contributed by atoms with Gasteiger partial charge in [0.25, 0.3) is 5.69 Å². The van der Waals surface area contributed by atoms with Crippen molar-refractivity contribution in [3.8, 4) is 11.1 Å². The van der Waals surface area contributed by atoms with Crippen LogP contribution in [-0.2, 0) is 25.7 Å². The predicted molar refractivity (Wildman–Crippen MR) is 204 cm³/mol. The molecule has 0 aromatic heterocycles. The van der Waals surface area contributed by atoms with Crippen LogP contribution >= 0.6 is 0 Å². The monoisotopic (exact) mass is 749 g/mol. The Morgan fingerprint density at radius 3 is 2.04 bits per heavy atom. The van der Waals surface area contributed by atoms with E-state index in [1.807, 2.05) is 48.5 Å². The molecule has 4 aromatic rings. The van der Waals surface area contributed by atoms with Crippen molar-refractivity contribution >= 4 is 41.2 Å². The zero-order valence-electron chi connectivity index (χ0n) is 30.5. The molecule has 55 heavy (non-hydrogen) atoms. The van der Waals surface area contributed by atoms with Crippen LogP contribution in [0.25, 0.3) is 11.1 Å². The summed E-state index contributed by atoms with van der Waals surface area (Å²) < 4.78 is 11.0. The van der Waals surface area contributed by atoms with Crippen molar-refractivity contribution in [2.75, 3.05) is 18.5 Å². The number of ketones is 1. The van der Waals surface area contributed by atoms with Gasteiger partial charge in [0.2, 0.25) is 5.91 Å². The molecule has 1 aliphatic carbocycles. The average molecular weight is 750 g/mol. The summed E-state index contributed by atoms with van der Waals surface area (Å²) in [6, 6.07) is 25.9. The van der Waals surface area contributed by atoms with E-state index in [0.717, 1.165) is 22.3 Å². The van der Waals surface area contributed by atoms with E-state index in [1.54, 1.807) is 38.1 Å². The first-order chi connectivity index (χ1) is 26.4. The molecular formula is C41H43N5O9. The van der Waals surface area contributed by atoms with Gasteiger partial charge in [0.15, 0.2) is 5.78 Å². The number of carbonyl (C=O) groups is 5. The van der Waals surface area contributed by atoms with Crippen molar-refractivity contribution in [3.63, 3.8) is 0 Å². The van der Waals surface area contributed by atoms with E-state index < -0.39 is 40.9 Å². The highest BCUT2D eigenvalue weighted by atomic mass is 16.6. The topological polar surface area (TPSA) is 209 Å². The molecule has 0 fully saturated rings. The summed E-state index contributed by atoms with van der Waals surface area (Å²) in [4.78, 5) is 74.3. The summed E-state index contributed by atoms with van der Waals surface area (Å²) in [5, 5.41) is 18.9. The number of hydrogen-bond acceptors (Lipinski definition) is 9. The van der Waals surface area contributed by atoms with E-state index in [4.69, 9.17) is 15.2 Å². The molecule has 1 aliphatic rings. The number of nitro benzene ring substituents is 1. The van der Waals surface area contributed by atoms with Crippen LogP contribution in [0, 0.1) is 22.0 Å². The quantitative estimate of drug-likeness (QED) is 0.0403. The molecule has 5 rings (SSSR count). The second-order valence-electron chi connectivity index (χ2n) is 13.6. The Hall–Kier alpha value is -6.57. The number of non-ortho nitro benzene ring substituents is 1.